The third kappa shape index (κ3) is 2.16. The van der Waals surface area contributed by atoms with E-state index in [1.165, 1.54) is 6.07 Å². The number of phenols is 1. The van der Waals surface area contributed by atoms with Gasteiger partial charge in [0.2, 0.25) is 0 Å². The smallest absolute Gasteiger partial charge is 0.347 e. The van der Waals surface area contributed by atoms with E-state index in [4.69, 9.17) is 14.2 Å². The average Bonchev–Trinajstić information content (AvgIpc) is 2.55. The first-order valence-corrected chi connectivity index (χ1v) is 6.42. The van der Waals surface area contributed by atoms with E-state index in [1.54, 1.807) is 39.2 Å². The number of carbonyl (C=O) groups is 1. The summed E-state index contributed by atoms with van der Waals surface area (Å²) in [4.78, 5) is 12.3. The maximum absolute atomic E-state index is 12.3. The Bertz CT molecular complexity index is 749. The molecule has 0 aliphatic carbocycles. The molecule has 1 heterocycles. The van der Waals surface area contributed by atoms with Gasteiger partial charge in [0.25, 0.3) is 0 Å². The number of methoxy groups -OCH3 is 1. The van der Waals surface area contributed by atoms with Crippen molar-refractivity contribution in [3.63, 3.8) is 0 Å². The largest absolute Gasteiger partial charge is 0.508 e. The van der Waals surface area contributed by atoms with E-state index >= 15 is 0 Å². The first-order chi connectivity index (χ1) is 9.99. The van der Waals surface area contributed by atoms with Gasteiger partial charge in [-0.3, -0.25) is 0 Å². The van der Waals surface area contributed by atoms with Crippen molar-refractivity contribution in [1.82, 2.24) is 0 Å². The monoisotopic (exact) mass is 286 g/mol. The second kappa shape index (κ2) is 4.70. The molecule has 0 saturated carbocycles. The van der Waals surface area contributed by atoms with Crippen LogP contribution < -0.4 is 14.2 Å². The fraction of sp³-hybridized carbons (Fsp3) is 0.188. The van der Waals surface area contributed by atoms with Gasteiger partial charge in [0.1, 0.15) is 22.8 Å². The van der Waals surface area contributed by atoms with E-state index in [9.17, 15) is 9.90 Å². The number of hydrogen-bond donors (Lipinski definition) is 1. The zero-order valence-electron chi connectivity index (χ0n) is 11.9. The molecule has 5 nitrogen and oxygen atoms in total. The Kier molecular flexibility index (Phi) is 2.97. The number of benzene rings is 2. The number of esters is 1. The lowest BCUT2D eigenvalue weighted by atomic mass is 10.1. The Morgan fingerprint density at radius 3 is 2.48 bits per heavy atom. The van der Waals surface area contributed by atoms with E-state index in [-0.39, 0.29) is 11.5 Å². The molecular weight excluding hydrogens is 272 g/mol. The molecule has 0 saturated heterocycles. The van der Waals surface area contributed by atoms with Crippen LogP contribution in [0.5, 0.6) is 28.7 Å². The van der Waals surface area contributed by atoms with Gasteiger partial charge in [-0.25, -0.2) is 4.79 Å². The van der Waals surface area contributed by atoms with Gasteiger partial charge in [0, 0.05) is 12.1 Å². The lowest BCUT2D eigenvalue weighted by Crippen LogP contribution is -2.09. The fourth-order valence-corrected chi connectivity index (χ4v) is 2.37. The first-order valence-electron chi connectivity index (χ1n) is 6.42. The predicted molar refractivity (Wildman–Crippen MR) is 75.6 cm³/mol. The summed E-state index contributed by atoms with van der Waals surface area (Å²) in [6.45, 7) is 3.55. The van der Waals surface area contributed by atoms with Crippen molar-refractivity contribution in [2.75, 3.05) is 7.11 Å². The van der Waals surface area contributed by atoms with Crippen molar-refractivity contribution < 1.29 is 24.1 Å². The standard InChI is InChI=1S/C16H14O5/c1-8-5-11(19-3)7-12-14(8)16(18)21-13-6-10(17)4-9(2)15(13)20-12/h4-7,17H,1-3H3. The molecule has 0 unspecified atom stereocenters. The summed E-state index contributed by atoms with van der Waals surface area (Å²) in [7, 11) is 1.55. The molecule has 2 aromatic carbocycles. The molecule has 1 N–H and O–H groups in total. The summed E-state index contributed by atoms with van der Waals surface area (Å²) in [5, 5.41) is 9.63. The Labute approximate surface area is 121 Å². The van der Waals surface area contributed by atoms with Crippen LogP contribution in [0.3, 0.4) is 0 Å². The van der Waals surface area contributed by atoms with E-state index in [2.05, 4.69) is 0 Å². The molecule has 0 bridgehead atoms. The normalized spacial score (nSPS) is 12.6. The van der Waals surface area contributed by atoms with Crippen molar-refractivity contribution in [1.29, 1.82) is 0 Å². The topological polar surface area (TPSA) is 65.0 Å². The lowest BCUT2D eigenvalue weighted by molar-refractivity contribution is 0.0736. The molecule has 0 atom stereocenters. The van der Waals surface area contributed by atoms with Crippen molar-refractivity contribution in [3.05, 3.63) is 41.0 Å². The molecule has 0 spiro atoms. The van der Waals surface area contributed by atoms with Gasteiger partial charge in [0.05, 0.1) is 7.11 Å². The van der Waals surface area contributed by atoms with Crippen LogP contribution >= 0.6 is 0 Å². The van der Waals surface area contributed by atoms with Gasteiger partial charge in [-0.15, -0.1) is 0 Å². The quantitative estimate of drug-likeness (QED) is 0.643. The molecule has 0 amide bonds. The minimum Gasteiger partial charge on any atom is -0.508 e. The Hall–Kier alpha value is -2.69. The summed E-state index contributed by atoms with van der Waals surface area (Å²) in [5.41, 5.74) is 1.72. The maximum Gasteiger partial charge on any atom is 0.347 e. The summed E-state index contributed by atoms with van der Waals surface area (Å²) in [6, 6.07) is 6.29. The van der Waals surface area contributed by atoms with Crippen LogP contribution in [0, 0.1) is 13.8 Å². The van der Waals surface area contributed by atoms with Crippen LogP contribution in [0.2, 0.25) is 0 Å². The molecule has 108 valence electrons. The van der Waals surface area contributed by atoms with Gasteiger partial charge in [0.15, 0.2) is 11.5 Å². The highest BCUT2D eigenvalue weighted by Gasteiger charge is 2.27. The molecule has 3 rings (SSSR count). The molecule has 0 fully saturated rings. The summed E-state index contributed by atoms with van der Waals surface area (Å²) in [6.07, 6.45) is 0. The number of aryl methyl sites for hydroxylation is 2. The number of fused-ring (bicyclic) bond motifs is 2. The first kappa shape index (κ1) is 13.3. The van der Waals surface area contributed by atoms with Crippen molar-refractivity contribution in [2.45, 2.75) is 13.8 Å². The number of phenolic OH excluding ortho intramolecular Hbond substituents is 1. The Balaban J connectivity index is 2.23. The van der Waals surface area contributed by atoms with E-state index in [0.717, 1.165) is 0 Å². The number of carbonyl (C=O) groups excluding carboxylic acids is 1. The Morgan fingerprint density at radius 2 is 1.76 bits per heavy atom. The third-order valence-corrected chi connectivity index (χ3v) is 3.35. The maximum atomic E-state index is 12.3. The zero-order valence-corrected chi connectivity index (χ0v) is 11.9. The lowest BCUT2D eigenvalue weighted by Gasteiger charge is -2.11. The van der Waals surface area contributed by atoms with Crippen LogP contribution in [0.1, 0.15) is 21.5 Å². The minimum absolute atomic E-state index is 0.0166. The van der Waals surface area contributed by atoms with Crippen LogP contribution in [0.15, 0.2) is 24.3 Å². The highest BCUT2D eigenvalue weighted by atomic mass is 16.6. The number of rotatable bonds is 1. The van der Waals surface area contributed by atoms with Crippen LogP contribution in [-0.2, 0) is 0 Å². The van der Waals surface area contributed by atoms with Crippen LogP contribution in [-0.4, -0.2) is 18.2 Å². The molecule has 5 heteroatoms. The van der Waals surface area contributed by atoms with Gasteiger partial charge in [-0.05, 0) is 37.1 Å². The molecule has 2 aromatic rings. The third-order valence-electron chi connectivity index (χ3n) is 3.35. The zero-order chi connectivity index (χ0) is 15.1. The highest BCUT2D eigenvalue weighted by Crippen LogP contribution is 2.43. The van der Waals surface area contributed by atoms with Crippen molar-refractivity contribution >= 4 is 5.97 Å². The fourth-order valence-electron chi connectivity index (χ4n) is 2.37. The van der Waals surface area contributed by atoms with Gasteiger partial charge in [-0.1, -0.05) is 0 Å². The average molecular weight is 286 g/mol. The number of hydrogen-bond acceptors (Lipinski definition) is 5. The number of aromatic hydroxyl groups is 1. The molecule has 21 heavy (non-hydrogen) atoms. The predicted octanol–water partition coefficient (Wildman–Crippen LogP) is 3.34. The molecule has 0 radical (unpaired) electrons. The molecule has 0 aromatic heterocycles. The summed E-state index contributed by atoms with van der Waals surface area (Å²) in [5.74, 6) is 1.08. The van der Waals surface area contributed by atoms with Gasteiger partial charge >= 0.3 is 5.97 Å². The SMILES string of the molecule is COc1cc(C)c2c(c1)Oc1c(C)cc(O)cc1OC2=O. The van der Waals surface area contributed by atoms with E-state index in [0.29, 0.717) is 33.9 Å². The summed E-state index contributed by atoms with van der Waals surface area (Å²) < 4.78 is 16.4. The van der Waals surface area contributed by atoms with Crippen molar-refractivity contribution in [3.8, 4) is 28.7 Å². The van der Waals surface area contributed by atoms with E-state index in [1.807, 2.05) is 0 Å². The molecular formula is C16H14O5. The highest BCUT2D eigenvalue weighted by molar-refractivity contribution is 5.97. The van der Waals surface area contributed by atoms with Crippen LogP contribution in [0.25, 0.3) is 0 Å². The second-order valence-electron chi connectivity index (χ2n) is 4.90. The Morgan fingerprint density at radius 1 is 1.00 bits per heavy atom. The number of ether oxygens (including phenoxy) is 3. The minimum atomic E-state index is -0.520. The van der Waals surface area contributed by atoms with Crippen LogP contribution in [0.4, 0.5) is 0 Å². The molecule has 1 aliphatic heterocycles. The second-order valence-corrected chi connectivity index (χ2v) is 4.90. The van der Waals surface area contributed by atoms with Gasteiger partial charge < -0.3 is 19.3 Å². The van der Waals surface area contributed by atoms with E-state index < -0.39 is 5.97 Å². The summed E-state index contributed by atoms with van der Waals surface area (Å²) >= 11 is 0. The molecule has 1 aliphatic rings. The van der Waals surface area contributed by atoms with Gasteiger partial charge in [-0.2, -0.15) is 0 Å². The van der Waals surface area contributed by atoms with Crippen molar-refractivity contribution in [2.24, 2.45) is 0 Å².